The number of carbonyl (C=O) groups excluding carboxylic acids is 2. The van der Waals surface area contributed by atoms with Crippen LogP contribution in [0.15, 0.2) is 6.07 Å². The van der Waals surface area contributed by atoms with Crippen LogP contribution in [0, 0.1) is 6.92 Å². The highest BCUT2D eigenvalue weighted by molar-refractivity contribution is 7.20. The topological polar surface area (TPSA) is 88.0 Å². The van der Waals surface area contributed by atoms with Crippen LogP contribution in [0.5, 0.6) is 0 Å². The minimum atomic E-state index is -0.562. The molecule has 1 aliphatic rings. The second-order valence-electron chi connectivity index (χ2n) is 5.93. The SMILES string of the molecule is Cc1nn(C)c2sc(C(=O)NC(C)C(=O)NC3CCNC3)cc12.Cl. The number of thiophene rings is 1. The standard InChI is InChI=1S/C15H21N5O2S.ClH/c1-8-11-6-12(23-15(11)20(3)19-8)14(22)17-9(2)13(21)18-10-4-5-16-7-10;/h6,9-10,16H,4-5,7H2,1-3H3,(H,17,22)(H,18,21);1H. The van der Waals surface area contributed by atoms with E-state index in [1.54, 1.807) is 11.6 Å². The van der Waals surface area contributed by atoms with Crippen molar-refractivity contribution in [1.29, 1.82) is 0 Å². The van der Waals surface area contributed by atoms with Gasteiger partial charge in [-0.3, -0.25) is 14.3 Å². The van der Waals surface area contributed by atoms with Crippen molar-refractivity contribution in [1.82, 2.24) is 25.7 Å². The van der Waals surface area contributed by atoms with Crippen molar-refractivity contribution in [2.45, 2.75) is 32.4 Å². The normalized spacial score (nSPS) is 18.2. The summed E-state index contributed by atoms with van der Waals surface area (Å²) in [6, 6.07) is 1.43. The molecule has 2 aromatic heterocycles. The molecule has 2 aromatic rings. The van der Waals surface area contributed by atoms with E-state index in [1.807, 2.05) is 20.0 Å². The first-order valence-corrected chi connectivity index (χ1v) is 8.52. The number of rotatable bonds is 4. The maximum atomic E-state index is 12.4. The van der Waals surface area contributed by atoms with Gasteiger partial charge >= 0.3 is 0 Å². The van der Waals surface area contributed by atoms with Crippen LogP contribution in [0.2, 0.25) is 0 Å². The fourth-order valence-electron chi connectivity index (χ4n) is 2.75. The molecule has 0 spiro atoms. The van der Waals surface area contributed by atoms with Crippen molar-refractivity contribution in [3.05, 3.63) is 16.6 Å². The van der Waals surface area contributed by atoms with Crippen LogP contribution in [-0.4, -0.2) is 46.8 Å². The van der Waals surface area contributed by atoms with Crippen LogP contribution in [0.25, 0.3) is 10.2 Å². The first kappa shape index (κ1) is 18.7. The zero-order valence-electron chi connectivity index (χ0n) is 13.9. The van der Waals surface area contributed by atoms with Crippen molar-refractivity contribution in [2.24, 2.45) is 7.05 Å². The van der Waals surface area contributed by atoms with Crippen LogP contribution in [0.4, 0.5) is 0 Å². The Morgan fingerprint density at radius 3 is 2.88 bits per heavy atom. The van der Waals surface area contributed by atoms with E-state index in [9.17, 15) is 9.59 Å². The second kappa shape index (κ2) is 7.50. The first-order valence-electron chi connectivity index (χ1n) is 7.71. The largest absolute Gasteiger partial charge is 0.350 e. The molecule has 0 aliphatic carbocycles. The first-order chi connectivity index (χ1) is 11.0. The molecule has 3 rings (SSSR count). The van der Waals surface area contributed by atoms with Gasteiger partial charge in [0.1, 0.15) is 10.9 Å². The molecule has 0 radical (unpaired) electrons. The Labute approximate surface area is 150 Å². The predicted octanol–water partition coefficient (Wildman–Crippen LogP) is 0.961. The van der Waals surface area contributed by atoms with Gasteiger partial charge in [0.15, 0.2) is 0 Å². The highest BCUT2D eigenvalue weighted by atomic mass is 35.5. The Bertz CT molecular complexity index is 716. The van der Waals surface area contributed by atoms with E-state index in [1.165, 1.54) is 11.3 Å². The summed E-state index contributed by atoms with van der Waals surface area (Å²) < 4.78 is 1.77. The lowest BCUT2D eigenvalue weighted by Gasteiger charge is -2.17. The molecule has 132 valence electrons. The summed E-state index contributed by atoms with van der Waals surface area (Å²) in [6.07, 6.45) is 0.926. The monoisotopic (exact) mass is 371 g/mol. The Hall–Kier alpha value is -1.64. The van der Waals surface area contributed by atoms with Gasteiger partial charge in [-0.1, -0.05) is 0 Å². The third-order valence-corrected chi connectivity index (χ3v) is 5.27. The van der Waals surface area contributed by atoms with Crippen molar-refractivity contribution in [3.63, 3.8) is 0 Å². The number of fused-ring (bicyclic) bond motifs is 1. The molecule has 24 heavy (non-hydrogen) atoms. The molecular formula is C15H22ClN5O2S. The van der Waals surface area contributed by atoms with E-state index in [2.05, 4.69) is 21.0 Å². The summed E-state index contributed by atoms with van der Waals surface area (Å²) >= 11 is 1.39. The highest BCUT2D eigenvalue weighted by Crippen LogP contribution is 2.27. The van der Waals surface area contributed by atoms with Gasteiger partial charge in [0, 0.05) is 25.0 Å². The fraction of sp³-hybridized carbons (Fsp3) is 0.533. The number of aryl methyl sites for hydroxylation is 2. The van der Waals surface area contributed by atoms with E-state index in [-0.39, 0.29) is 30.3 Å². The fourth-order valence-corrected chi connectivity index (χ4v) is 3.78. The molecule has 0 aromatic carbocycles. The molecule has 3 N–H and O–H groups in total. The molecule has 9 heteroatoms. The van der Waals surface area contributed by atoms with Gasteiger partial charge in [-0.15, -0.1) is 23.7 Å². The third kappa shape index (κ3) is 3.71. The number of aromatic nitrogens is 2. The van der Waals surface area contributed by atoms with Crippen molar-refractivity contribution in [2.75, 3.05) is 13.1 Å². The van der Waals surface area contributed by atoms with Crippen molar-refractivity contribution >= 4 is 45.8 Å². The Kier molecular flexibility index (Phi) is 5.84. The number of halogens is 1. The quantitative estimate of drug-likeness (QED) is 0.747. The number of hydrogen-bond donors (Lipinski definition) is 3. The number of nitrogens with one attached hydrogen (secondary N) is 3. The molecular weight excluding hydrogens is 350 g/mol. The molecule has 2 atom stereocenters. The van der Waals surface area contributed by atoms with E-state index in [4.69, 9.17) is 0 Å². The van der Waals surface area contributed by atoms with Crippen LogP contribution in [-0.2, 0) is 11.8 Å². The van der Waals surface area contributed by atoms with Crippen molar-refractivity contribution in [3.8, 4) is 0 Å². The summed E-state index contributed by atoms with van der Waals surface area (Å²) in [5.41, 5.74) is 0.900. The van der Waals surface area contributed by atoms with E-state index in [0.717, 1.165) is 35.4 Å². The lowest BCUT2D eigenvalue weighted by molar-refractivity contribution is -0.123. The van der Waals surface area contributed by atoms with Gasteiger partial charge in [-0.2, -0.15) is 5.10 Å². The van der Waals surface area contributed by atoms with Crippen LogP contribution in [0.3, 0.4) is 0 Å². The highest BCUT2D eigenvalue weighted by Gasteiger charge is 2.23. The lowest BCUT2D eigenvalue weighted by atomic mass is 10.2. The van der Waals surface area contributed by atoms with Gasteiger partial charge in [-0.25, -0.2) is 0 Å². The van der Waals surface area contributed by atoms with E-state index in [0.29, 0.717) is 4.88 Å². The summed E-state index contributed by atoms with van der Waals surface area (Å²) in [5.74, 6) is -0.371. The average molecular weight is 372 g/mol. The molecule has 1 saturated heterocycles. The molecule has 0 bridgehead atoms. The van der Waals surface area contributed by atoms with Gasteiger partial charge < -0.3 is 16.0 Å². The van der Waals surface area contributed by atoms with Crippen molar-refractivity contribution < 1.29 is 9.59 Å². The third-order valence-electron chi connectivity index (χ3n) is 4.07. The molecule has 1 fully saturated rings. The summed E-state index contributed by atoms with van der Waals surface area (Å²) in [7, 11) is 1.86. The van der Waals surface area contributed by atoms with Gasteiger partial charge in [0.05, 0.1) is 10.6 Å². The Balaban J connectivity index is 0.00000208. The molecule has 1 aliphatic heterocycles. The van der Waals surface area contributed by atoms with Crippen LogP contribution in [0.1, 0.15) is 28.7 Å². The molecule has 7 nitrogen and oxygen atoms in total. The van der Waals surface area contributed by atoms with E-state index >= 15 is 0 Å². The lowest BCUT2D eigenvalue weighted by Crippen LogP contribution is -2.48. The molecule has 0 saturated carbocycles. The summed E-state index contributed by atoms with van der Waals surface area (Å²) in [6.45, 7) is 5.33. The molecule has 3 heterocycles. The zero-order chi connectivity index (χ0) is 16.6. The average Bonchev–Trinajstić information content (AvgIpc) is 3.19. The smallest absolute Gasteiger partial charge is 0.262 e. The number of carbonyl (C=O) groups is 2. The molecule has 2 amide bonds. The maximum absolute atomic E-state index is 12.4. The number of hydrogen-bond acceptors (Lipinski definition) is 5. The number of nitrogens with zero attached hydrogens (tertiary/aromatic N) is 2. The summed E-state index contributed by atoms with van der Waals surface area (Å²) in [4.78, 5) is 26.1. The maximum Gasteiger partial charge on any atom is 0.262 e. The van der Waals surface area contributed by atoms with Gasteiger partial charge in [-0.05, 0) is 32.9 Å². The van der Waals surface area contributed by atoms with Gasteiger partial charge in [0.2, 0.25) is 5.91 Å². The Morgan fingerprint density at radius 2 is 2.25 bits per heavy atom. The summed E-state index contributed by atoms with van der Waals surface area (Å²) in [5, 5.41) is 14.2. The molecule has 2 unspecified atom stereocenters. The second-order valence-corrected chi connectivity index (χ2v) is 6.96. The predicted molar refractivity (Wildman–Crippen MR) is 96.9 cm³/mol. The van der Waals surface area contributed by atoms with Crippen LogP contribution >= 0.6 is 23.7 Å². The minimum Gasteiger partial charge on any atom is -0.350 e. The number of amides is 2. The zero-order valence-corrected chi connectivity index (χ0v) is 15.5. The van der Waals surface area contributed by atoms with Crippen LogP contribution < -0.4 is 16.0 Å². The van der Waals surface area contributed by atoms with Gasteiger partial charge in [0.25, 0.3) is 5.91 Å². The van der Waals surface area contributed by atoms with E-state index < -0.39 is 6.04 Å². The Morgan fingerprint density at radius 1 is 1.50 bits per heavy atom. The minimum absolute atomic E-state index is 0.